The molecule has 0 spiro atoms. The molecular formula is C19H20Cl2N2O2S. The Morgan fingerprint density at radius 2 is 1.88 bits per heavy atom. The van der Waals surface area contributed by atoms with Gasteiger partial charge in [0, 0.05) is 11.6 Å². The van der Waals surface area contributed by atoms with Crippen LogP contribution in [0.3, 0.4) is 0 Å². The lowest BCUT2D eigenvalue weighted by atomic mass is 10.1. The van der Waals surface area contributed by atoms with Crippen molar-refractivity contribution in [3.8, 4) is 0 Å². The Kier molecular flexibility index (Phi) is 8.29. The van der Waals surface area contributed by atoms with Gasteiger partial charge in [-0.15, -0.1) is 0 Å². The van der Waals surface area contributed by atoms with Crippen LogP contribution >= 0.6 is 35.0 Å². The van der Waals surface area contributed by atoms with Gasteiger partial charge in [0.25, 0.3) is 5.91 Å². The molecule has 2 N–H and O–H groups in total. The van der Waals surface area contributed by atoms with E-state index < -0.39 is 6.04 Å². The van der Waals surface area contributed by atoms with Crippen molar-refractivity contribution in [1.82, 2.24) is 10.6 Å². The molecule has 0 aliphatic rings. The van der Waals surface area contributed by atoms with Gasteiger partial charge >= 0.3 is 0 Å². The molecule has 2 rings (SSSR count). The molecule has 0 aliphatic heterocycles. The second-order valence-corrected chi connectivity index (χ2v) is 7.46. The molecule has 2 aromatic carbocycles. The molecule has 0 heterocycles. The third-order valence-corrected chi connectivity index (χ3v) is 4.92. The van der Waals surface area contributed by atoms with Crippen LogP contribution in [0.2, 0.25) is 10.0 Å². The number of rotatable bonds is 8. The summed E-state index contributed by atoms with van der Waals surface area (Å²) in [5, 5.41) is 6.60. The molecule has 2 amide bonds. The molecule has 0 radical (unpaired) electrons. The molecule has 138 valence electrons. The van der Waals surface area contributed by atoms with Gasteiger partial charge in [0.2, 0.25) is 5.91 Å². The molecule has 0 bridgehead atoms. The first-order valence-electron chi connectivity index (χ1n) is 8.07. The lowest BCUT2D eigenvalue weighted by Gasteiger charge is -2.18. The van der Waals surface area contributed by atoms with E-state index in [1.807, 2.05) is 18.4 Å². The van der Waals surface area contributed by atoms with Gasteiger partial charge in [-0.1, -0.05) is 47.5 Å². The van der Waals surface area contributed by atoms with E-state index in [2.05, 4.69) is 10.6 Å². The standard InChI is InChI=1S/C19H20Cl2N2O2S/c1-26-10-9-17(23-18(24)15-7-2-3-8-16(15)21)19(25)22-12-13-5-4-6-14(20)11-13/h2-8,11,17H,9-10,12H2,1H3,(H,22,25)(H,23,24). The topological polar surface area (TPSA) is 58.2 Å². The highest BCUT2D eigenvalue weighted by Gasteiger charge is 2.21. The van der Waals surface area contributed by atoms with Crippen LogP contribution in [0.15, 0.2) is 48.5 Å². The second-order valence-electron chi connectivity index (χ2n) is 5.64. The van der Waals surface area contributed by atoms with Crippen molar-refractivity contribution in [2.45, 2.75) is 19.0 Å². The largest absolute Gasteiger partial charge is 0.350 e. The van der Waals surface area contributed by atoms with Crippen molar-refractivity contribution in [2.75, 3.05) is 12.0 Å². The summed E-state index contributed by atoms with van der Waals surface area (Å²) in [6.45, 7) is 0.344. The molecule has 26 heavy (non-hydrogen) atoms. The van der Waals surface area contributed by atoms with Gasteiger partial charge in [-0.3, -0.25) is 9.59 Å². The number of hydrogen-bond donors (Lipinski definition) is 2. The monoisotopic (exact) mass is 410 g/mol. The zero-order valence-corrected chi connectivity index (χ0v) is 16.6. The van der Waals surface area contributed by atoms with Gasteiger partial charge in [-0.2, -0.15) is 11.8 Å². The molecule has 0 saturated heterocycles. The van der Waals surface area contributed by atoms with Crippen LogP contribution in [-0.2, 0) is 11.3 Å². The van der Waals surface area contributed by atoms with Crippen molar-refractivity contribution in [1.29, 1.82) is 0 Å². The summed E-state index contributed by atoms with van der Waals surface area (Å²) >= 11 is 13.6. The van der Waals surface area contributed by atoms with Gasteiger partial charge in [-0.05, 0) is 48.3 Å². The molecule has 1 unspecified atom stereocenters. The van der Waals surface area contributed by atoms with Gasteiger partial charge < -0.3 is 10.6 Å². The van der Waals surface area contributed by atoms with Crippen LogP contribution in [0.25, 0.3) is 0 Å². The molecule has 7 heteroatoms. The summed E-state index contributed by atoms with van der Waals surface area (Å²) in [6, 6.07) is 13.4. The summed E-state index contributed by atoms with van der Waals surface area (Å²) in [5.41, 5.74) is 1.25. The van der Waals surface area contributed by atoms with E-state index in [0.29, 0.717) is 28.6 Å². The fourth-order valence-electron chi connectivity index (χ4n) is 2.35. The maximum absolute atomic E-state index is 12.6. The zero-order chi connectivity index (χ0) is 18.9. The van der Waals surface area contributed by atoms with Crippen molar-refractivity contribution in [2.24, 2.45) is 0 Å². The van der Waals surface area contributed by atoms with Crippen LogP contribution in [0.5, 0.6) is 0 Å². The van der Waals surface area contributed by atoms with E-state index in [9.17, 15) is 9.59 Å². The average molecular weight is 411 g/mol. The Morgan fingerprint density at radius 3 is 2.58 bits per heavy atom. The summed E-state index contributed by atoms with van der Waals surface area (Å²) < 4.78 is 0. The lowest BCUT2D eigenvalue weighted by molar-refractivity contribution is -0.123. The predicted molar refractivity (Wildman–Crippen MR) is 109 cm³/mol. The Hall–Kier alpha value is -1.69. The molecule has 1 atom stereocenters. The molecule has 0 aliphatic carbocycles. The minimum Gasteiger partial charge on any atom is -0.350 e. The number of benzene rings is 2. The SMILES string of the molecule is CSCCC(NC(=O)c1ccccc1Cl)C(=O)NCc1cccc(Cl)c1. The quantitative estimate of drug-likeness (QED) is 0.686. The van der Waals surface area contributed by atoms with Crippen molar-refractivity contribution in [3.05, 3.63) is 69.7 Å². The summed E-state index contributed by atoms with van der Waals surface area (Å²) in [5.74, 6) is 0.150. The summed E-state index contributed by atoms with van der Waals surface area (Å²) in [7, 11) is 0. The number of thioether (sulfide) groups is 1. The lowest BCUT2D eigenvalue weighted by Crippen LogP contribution is -2.47. The van der Waals surface area contributed by atoms with E-state index in [1.165, 1.54) is 0 Å². The Balaban J connectivity index is 2.02. The highest BCUT2D eigenvalue weighted by molar-refractivity contribution is 7.98. The van der Waals surface area contributed by atoms with Crippen molar-refractivity contribution >= 4 is 46.8 Å². The molecule has 0 saturated carbocycles. The van der Waals surface area contributed by atoms with Crippen molar-refractivity contribution in [3.63, 3.8) is 0 Å². The summed E-state index contributed by atoms with van der Waals surface area (Å²) in [6.07, 6.45) is 2.48. The number of halogens is 2. The number of carbonyl (C=O) groups is 2. The number of nitrogens with one attached hydrogen (secondary N) is 2. The van der Waals surface area contributed by atoms with Crippen LogP contribution in [0, 0.1) is 0 Å². The highest BCUT2D eigenvalue weighted by atomic mass is 35.5. The minimum absolute atomic E-state index is 0.237. The van der Waals surface area contributed by atoms with Crippen LogP contribution in [-0.4, -0.2) is 29.9 Å². The van der Waals surface area contributed by atoms with Gasteiger partial charge in [-0.25, -0.2) is 0 Å². The third-order valence-electron chi connectivity index (χ3n) is 3.71. The second kappa shape index (κ2) is 10.5. The average Bonchev–Trinajstić information content (AvgIpc) is 2.63. The molecule has 4 nitrogen and oxygen atoms in total. The predicted octanol–water partition coefficient (Wildman–Crippen LogP) is 4.16. The Morgan fingerprint density at radius 1 is 1.12 bits per heavy atom. The Labute approximate surface area is 167 Å². The smallest absolute Gasteiger partial charge is 0.253 e. The van der Waals surface area contributed by atoms with Crippen molar-refractivity contribution < 1.29 is 9.59 Å². The van der Waals surface area contributed by atoms with E-state index in [0.717, 1.165) is 11.3 Å². The summed E-state index contributed by atoms with van der Waals surface area (Å²) in [4.78, 5) is 25.0. The van der Waals surface area contributed by atoms with E-state index in [1.54, 1.807) is 48.2 Å². The number of hydrogen-bond acceptors (Lipinski definition) is 3. The first-order valence-corrected chi connectivity index (χ1v) is 10.2. The maximum atomic E-state index is 12.6. The van der Waals surface area contributed by atoms with Crippen LogP contribution < -0.4 is 10.6 Å². The third kappa shape index (κ3) is 6.24. The van der Waals surface area contributed by atoms with Gasteiger partial charge in [0.15, 0.2) is 0 Å². The highest BCUT2D eigenvalue weighted by Crippen LogP contribution is 2.15. The molecule has 0 aromatic heterocycles. The molecule has 2 aromatic rings. The molecule has 0 fully saturated rings. The fourth-order valence-corrected chi connectivity index (χ4v) is 3.25. The van der Waals surface area contributed by atoms with Crippen LogP contribution in [0.1, 0.15) is 22.3 Å². The van der Waals surface area contributed by atoms with E-state index >= 15 is 0 Å². The van der Waals surface area contributed by atoms with Gasteiger partial charge in [0.1, 0.15) is 6.04 Å². The molecular weight excluding hydrogens is 391 g/mol. The first kappa shape index (κ1) is 20.6. The number of carbonyl (C=O) groups excluding carboxylic acids is 2. The first-order chi connectivity index (χ1) is 12.5. The normalized spacial score (nSPS) is 11.7. The maximum Gasteiger partial charge on any atom is 0.253 e. The van der Waals surface area contributed by atoms with E-state index in [-0.39, 0.29) is 11.8 Å². The Bertz CT molecular complexity index is 771. The van der Waals surface area contributed by atoms with E-state index in [4.69, 9.17) is 23.2 Å². The minimum atomic E-state index is -0.634. The fraction of sp³-hybridized carbons (Fsp3) is 0.263. The van der Waals surface area contributed by atoms with Crippen LogP contribution in [0.4, 0.5) is 0 Å². The number of amides is 2. The van der Waals surface area contributed by atoms with Gasteiger partial charge in [0.05, 0.1) is 10.6 Å². The zero-order valence-electron chi connectivity index (χ0n) is 14.3.